The fraction of sp³-hybridized carbons (Fsp3) is 0.231. The molecule has 1 aromatic heterocycles. The minimum absolute atomic E-state index is 0.0334. The van der Waals surface area contributed by atoms with Crippen molar-refractivity contribution in [3.63, 3.8) is 0 Å². The van der Waals surface area contributed by atoms with Gasteiger partial charge in [0.05, 0.1) is 0 Å². The average molecular weight is 415 g/mol. The Bertz CT molecular complexity index is 1210. The van der Waals surface area contributed by atoms with Gasteiger partial charge >= 0.3 is 0 Å². The number of anilines is 1. The predicted octanol–water partition coefficient (Wildman–Crippen LogP) is 5.62. The number of fused-ring (bicyclic) bond motifs is 1. The van der Waals surface area contributed by atoms with E-state index in [0.717, 1.165) is 45.6 Å². The summed E-state index contributed by atoms with van der Waals surface area (Å²) in [4.78, 5) is 16.8. The number of aryl methyl sites for hydroxylation is 3. The summed E-state index contributed by atoms with van der Waals surface area (Å²) >= 11 is 0. The van der Waals surface area contributed by atoms with Gasteiger partial charge < -0.3 is 14.5 Å². The second kappa shape index (κ2) is 9.04. The molecule has 5 nitrogen and oxygen atoms in total. The van der Waals surface area contributed by atoms with Gasteiger partial charge in [0.15, 0.2) is 18.1 Å². The Labute approximate surface area is 182 Å². The van der Waals surface area contributed by atoms with Crippen LogP contribution < -0.4 is 10.1 Å². The number of oxazole rings is 1. The van der Waals surface area contributed by atoms with Crippen LogP contribution in [-0.2, 0) is 17.6 Å². The third-order valence-corrected chi connectivity index (χ3v) is 5.19. The first-order valence-corrected chi connectivity index (χ1v) is 10.5. The quantitative estimate of drug-likeness (QED) is 0.427. The molecule has 0 saturated carbocycles. The van der Waals surface area contributed by atoms with Crippen LogP contribution in [0.1, 0.15) is 35.1 Å². The zero-order valence-corrected chi connectivity index (χ0v) is 18.1. The van der Waals surface area contributed by atoms with E-state index in [1.165, 1.54) is 5.56 Å². The molecule has 0 aliphatic rings. The van der Waals surface area contributed by atoms with E-state index >= 15 is 0 Å². The highest BCUT2D eigenvalue weighted by atomic mass is 16.5. The predicted molar refractivity (Wildman–Crippen MR) is 123 cm³/mol. The molecule has 1 heterocycles. The van der Waals surface area contributed by atoms with Gasteiger partial charge in [-0.2, -0.15) is 0 Å². The van der Waals surface area contributed by atoms with Crippen molar-refractivity contribution >= 4 is 22.7 Å². The molecule has 0 saturated heterocycles. The Hall–Kier alpha value is -3.60. The fourth-order valence-corrected chi connectivity index (χ4v) is 3.50. The van der Waals surface area contributed by atoms with Crippen molar-refractivity contribution in [3.05, 3.63) is 88.8 Å². The van der Waals surface area contributed by atoms with Crippen molar-refractivity contribution in [1.82, 2.24) is 4.98 Å². The van der Waals surface area contributed by atoms with Crippen LogP contribution in [-0.4, -0.2) is 17.5 Å². The van der Waals surface area contributed by atoms with Gasteiger partial charge in [-0.25, -0.2) is 4.98 Å². The van der Waals surface area contributed by atoms with Gasteiger partial charge in [0.1, 0.15) is 11.3 Å². The number of amides is 1. The minimum Gasteiger partial charge on any atom is -0.483 e. The molecule has 0 spiro atoms. The van der Waals surface area contributed by atoms with Crippen molar-refractivity contribution < 1.29 is 13.9 Å². The van der Waals surface area contributed by atoms with E-state index in [2.05, 4.69) is 29.4 Å². The van der Waals surface area contributed by atoms with Crippen LogP contribution in [0.4, 0.5) is 5.69 Å². The van der Waals surface area contributed by atoms with Crippen molar-refractivity contribution in [2.75, 3.05) is 11.9 Å². The molecule has 0 aliphatic heterocycles. The first kappa shape index (κ1) is 20.7. The zero-order valence-electron chi connectivity index (χ0n) is 18.1. The Kier molecular flexibility index (Phi) is 6.03. The molecule has 0 bridgehead atoms. The molecule has 4 rings (SSSR count). The van der Waals surface area contributed by atoms with E-state index in [-0.39, 0.29) is 12.5 Å². The molecule has 1 amide bonds. The Morgan fingerprint density at radius 2 is 1.77 bits per heavy atom. The van der Waals surface area contributed by atoms with Crippen LogP contribution in [0.15, 0.2) is 65.1 Å². The van der Waals surface area contributed by atoms with Gasteiger partial charge in [-0.05, 0) is 67.3 Å². The maximum atomic E-state index is 12.2. The lowest BCUT2D eigenvalue weighted by Crippen LogP contribution is -2.20. The lowest BCUT2D eigenvalue weighted by Gasteiger charge is -2.10. The fourth-order valence-electron chi connectivity index (χ4n) is 3.50. The average Bonchev–Trinajstić information content (AvgIpc) is 3.16. The van der Waals surface area contributed by atoms with Crippen LogP contribution in [0.2, 0.25) is 0 Å². The molecular weight excluding hydrogens is 388 g/mol. The van der Waals surface area contributed by atoms with Gasteiger partial charge in [0, 0.05) is 12.1 Å². The Morgan fingerprint density at radius 1 is 1.00 bits per heavy atom. The first-order chi connectivity index (χ1) is 15.0. The van der Waals surface area contributed by atoms with E-state index in [1.54, 1.807) is 0 Å². The molecule has 0 atom stereocenters. The highest BCUT2D eigenvalue weighted by molar-refractivity contribution is 5.91. The molecule has 0 fully saturated rings. The Balaban J connectivity index is 1.34. The van der Waals surface area contributed by atoms with Crippen LogP contribution in [0, 0.1) is 13.8 Å². The first-order valence-electron chi connectivity index (χ1n) is 10.5. The van der Waals surface area contributed by atoms with Crippen molar-refractivity contribution in [2.24, 2.45) is 0 Å². The molecule has 1 N–H and O–H groups in total. The van der Waals surface area contributed by atoms with Crippen LogP contribution >= 0.6 is 0 Å². The van der Waals surface area contributed by atoms with Crippen LogP contribution in [0.5, 0.6) is 5.75 Å². The molecule has 5 heteroatoms. The maximum absolute atomic E-state index is 12.2. The highest BCUT2D eigenvalue weighted by Gasteiger charge is 2.09. The topological polar surface area (TPSA) is 64.4 Å². The van der Waals surface area contributed by atoms with Gasteiger partial charge in [-0.15, -0.1) is 0 Å². The van der Waals surface area contributed by atoms with E-state index in [4.69, 9.17) is 9.15 Å². The van der Waals surface area contributed by atoms with Crippen LogP contribution in [0.25, 0.3) is 11.1 Å². The normalized spacial score (nSPS) is 10.9. The van der Waals surface area contributed by atoms with E-state index in [0.29, 0.717) is 12.3 Å². The second-order valence-corrected chi connectivity index (χ2v) is 7.74. The molecule has 4 aromatic rings. The molecule has 0 radical (unpaired) electrons. The molecular formula is C26H26N2O3. The summed E-state index contributed by atoms with van der Waals surface area (Å²) in [5.74, 6) is 1.21. The monoisotopic (exact) mass is 414 g/mol. The smallest absolute Gasteiger partial charge is 0.262 e. The number of aromatic nitrogens is 1. The largest absolute Gasteiger partial charge is 0.483 e. The molecule has 0 unspecified atom stereocenters. The Morgan fingerprint density at radius 3 is 2.52 bits per heavy atom. The van der Waals surface area contributed by atoms with Gasteiger partial charge in [-0.1, -0.05) is 42.8 Å². The number of ether oxygens (including phenoxy) is 1. The van der Waals surface area contributed by atoms with Gasteiger partial charge in [0.25, 0.3) is 5.91 Å². The molecule has 158 valence electrons. The van der Waals surface area contributed by atoms with E-state index in [9.17, 15) is 4.79 Å². The summed E-state index contributed by atoms with van der Waals surface area (Å²) in [6.45, 7) is 6.09. The van der Waals surface area contributed by atoms with E-state index in [1.807, 2.05) is 62.4 Å². The van der Waals surface area contributed by atoms with Gasteiger partial charge in [-0.3, -0.25) is 4.79 Å². The molecule has 3 aromatic carbocycles. The zero-order chi connectivity index (χ0) is 21.8. The van der Waals surface area contributed by atoms with Crippen LogP contribution in [0.3, 0.4) is 0 Å². The van der Waals surface area contributed by atoms with Crippen molar-refractivity contribution in [3.8, 4) is 5.75 Å². The SMILES string of the molecule is CCc1ccc2oc(Cc3ccc(NC(=O)COc4ccc(C)cc4C)cc3)nc2c1. The summed E-state index contributed by atoms with van der Waals surface area (Å²) < 4.78 is 11.5. The van der Waals surface area contributed by atoms with Crippen molar-refractivity contribution in [2.45, 2.75) is 33.6 Å². The van der Waals surface area contributed by atoms with Gasteiger partial charge in [0.2, 0.25) is 0 Å². The lowest BCUT2D eigenvalue weighted by atomic mass is 10.1. The lowest BCUT2D eigenvalue weighted by molar-refractivity contribution is -0.118. The summed E-state index contributed by atoms with van der Waals surface area (Å²) in [6, 6.07) is 19.7. The number of benzene rings is 3. The third kappa shape index (κ3) is 5.12. The maximum Gasteiger partial charge on any atom is 0.262 e. The number of rotatable bonds is 7. The molecule has 0 aliphatic carbocycles. The number of hydrogen-bond donors (Lipinski definition) is 1. The number of nitrogens with one attached hydrogen (secondary N) is 1. The minimum atomic E-state index is -0.196. The molecule has 31 heavy (non-hydrogen) atoms. The number of hydrogen-bond acceptors (Lipinski definition) is 4. The summed E-state index contributed by atoms with van der Waals surface area (Å²) in [7, 11) is 0. The number of carbonyl (C=O) groups excluding carboxylic acids is 1. The van der Waals surface area contributed by atoms with Crippen molar-refractivity contribution in [1.29, 1.82) is 0 Å². The number of carbonyl (C=O) groups is 1. The third-order valence-electron chi connectivity index (χ3n) is 5.19. The highest BCUT2D eigenvalue weighted by Crippen LogP contribution is 2.21. The second-order valence-electron chi connectivity index (χ2n) is 7.74. The summed E-state index contributed by atoms with van der Waals surface area (Å²) in [5.41, 5.74) is 6.91. The van der Waals surface area contributed by atoms with E-state index < -0.39 is 0 Å². The summed E-state index contributed by atoms with van der Waals surface area (Å²) in [5, 5.41) is 2.87. The number of nitrogens with zero attached hydrogens (tertiary/aromatic N) is 1. The standard InChI is InChI=1S/C26H26N2O3/c1-4-19-8-12-24-22(14-19)28-26(31-24)15-20-6-9-21(10-7-20)27-25(29)16-30-23-11-5-17(2)13-18(23)3/h5-14H,4,15-16H2,1-3H3,(H,27,29). The summed E-state index contributed by atoms with van der Waals surface area (Å²) in [6.07, 6.45) is 1.57.